The average Bonchev–Trinajstić information content (AvgIpc) is 2.93. The first kappa shape index (κ1) is 28.4. The minimum atomic E-state index is 0.571. The van der Waals surface area contributed by atoms with Crippen LogP contribution in [0.3, 0.4) is 0 Å². The number of unbranched alkanes of at least 4 members (excludes halogenated alkanes) is 4. The van der Waals surface area contributed by atoms with Crippen LogP contribution in [0.2, 0.25) is 0 Å². The molecule has 1 saturated heterocycles. The molecule has 2 heterocycles. The lowest BCUT2D eigenvalue weighted by atomic mass is 9.79. The maximum atomic E-state index is 6.16. The Morgan fingerprint density at radius 2 is 1.41 bits per heavy atom. The van der Waals surface area contributed by atoms with Crippen molar-refractivity contribution in [2.24, 2.45) is 17.8 Å². The molecule has 210 valence electrons. The quantitative estimate of drug-likeness (QED) is 0.259. The van der Waals surface area contributed by atoms with Crippen LogP contribution in [-0.2, 0) is 0 Å². The molecule has 1 aliphatic heterocycles. The minimum Gasteiger partial charge on any atom is -0.383 e. The van der Waals surface area contributed by atoms with Gasteiger partial charge in [-0.2, -0.15) is 9.97 Å². The number of nitrogens with two attached hydrogens (primary N) is 1. The van der Waals surface area contributed by atoms with Gasteiger partial charge in [0.05, 0.1) is 0 Å². The number of aromatic nitrogens is 2. The lowest BCUT2D eigenvalue weighted by Crippen LogP contribution is -2.46. The van der Waals surface area contributed by atoms with E-state index in [1.54, 1.807) is 0 Å². The molecule has 6 nitrogen and oxygen atoms in total. The zero-order chi connectivity index (χ0) is 25.7. The van der Waals surface area contributed by atoms with Crippen molar-refractivity contribution < 1.29 is 0 Å². The zero-order valence-electron chi connectivity index (χ0n) is 23.9. The fourth-order valence-corrected chi connectivity index (χ4v) is 7.04. The van der Waals surface area contributed by atoms with Crippen molar-refractivity contribution in [1.82, 2.24) is 14.9 Å². The Balaban J connectivity index is 1.06. The first-order valence-electron chi connectivity index (χ1n) is 16.1. The number of rotatable bonds is 14. The average molecular weight is 513 g/mol. The van der Waals surface area contributed by atoms with Crippen molar-refractivity contribution in [2.45, 2.75) is 116 Å². The molecule has 2 saturated carbocycles. The SMILES string of the molecule is CCCN1CCN(c2cc(N)nc(NCC3CCC(CCCCCCCC4CCCCC4)CC3)n2)CC1. The predicted octanol–water partition coefficient (Wildman–Crippen LogP) is 7.12. The zero-order valence-corrected chi connectivity index (χ0v) is 23.9. The van der Waals surface area contributed by atoms with Crippen LogP contribution in [0.25, 0.3) is 0 Å². The van der Waals surface area contributed by atoms with Crippen molar-refractivity contribution in [2.75, 3.05) is 55.2 Å². The number of nitrogen functional groups attached to an aromatic ring is 1. The Labute approximate surface area is 227 Å². The molecule has 0 radical (unpaired) electrons. The largest absolute Gasteiger partial charge is 0.383 e. The number of piperazine rings is 1. The van der Waals surface area contributed by atoms with Gasteiger partial charge in [-0.3, -0.25) is 4.90 Å². The van der Waals surface area contributed by atoms with E-state index >= 15 is 0 Å². The third-order valence-corrected chi connectivity index (χ3v) is 9.43. The molecule has 37 heavy (non-hydrogen) atoms. The first-order valence-corrected chi connectivity index (χ1v) is 16.1. The van der Waals surface area contributed by atoms with Gasteiger partial charge >= 0.3 is 0 Å². The van der Waals surface area contributed by atoms with E-state index in [-0.39, 0.29) is 0 Å². The summed E-state index contributed by atoms with van der Waals surface area (Å²) in [7, 11) is 0. The van der Waals surface area contributed by atoms with E-state index in [4.69, 9.17) is 10.7 Å². The molecule has 0 aromatic carbocycles. The molecule has 0 amide bonds. The molecular formula is C31H56N6. The van der Waals surface area contributed by atoms with Crippen LogP contribution in [0.1, 0.15) is 116 Å². The standard InChI is InChI=1S/C31H56N6/c1-2-19-36-20-22-37(23-21-36)30-24-29(32)34-31(35-30)33-25-28-17-15-27(16-18-28)14-8-5-3-4-7-11-26-12-9-6-10-13-26/h24,26-28H,2-23,25H2,1H3,(H3,32,33,34,35). The third kappa shape index (κ3) is 9.92. The van der Waals surface area contributed by atoms with Crippen LogP contribution < -0.4 is 16.0 Å². The van der Waals surface area contributed by atoms with E-state index in [1.165, 1.54) is 116 Å². The van der Waals surface area contributed by atoms with Crippen LogP contribution in [0.5, 0.6) is 0 Å². The molecule has 0 spiro atoms. The van der Waals surface area contributed by atoms with Gasteiger partial charge in [-0.15, -0.1) is 0 Å². The first-order chi connectivity index (χ1) is 18.2. The molecule has 1 aromatic rings. The van der Waals surface area contributed by atoms with Gasteiger partial charge < -0.3 is 16.0 Å². The van der Waals surface area contributed by atoms with E-state index in [1.807, 2.05) is 6.07 Å². The molecular weight excluding hydrogens is 456 g/mol. The van der Waals surface area contributed by atoms with E-state index in [0.717, 1.165) is 56.3 Å². The van der Waals surface area contributed by atoms with Gasteiger partial charge in [-0.25, -0.2) is 0 Å². The van der Waals surface area contributed by atoms with E-state index in [9.17, 15) is 0 Å². The molecule has 6 heteroatoms. The van der Waals surface area contributed by atoms with Crippen LogP contribution in [0, 0.1) is 17.8 Å². The van der Waals surface area contributed by atoms with Crippen LogP contribution in [0.4, 0.5) is 17.6 Å². The Morgan fingerprint density at radius 1 is 0.784 bits per heavy atom. The smallest absolute Gasteiger partial charge is 0.226 e. The Morgan fingerprint density at radius 3 is 2.08 bits per heavy atom. The lowest BCUT2D eigenvalue weighted by Gasteiger charge is -2.35. The number of hydrogen-bond acceptors (Lipinski definition) is 6. The molecule has 3 fully saturated rings. The summed E-state index contributed by atoms with van der Waals surface area (Å²) in [6, 6.07) is 1.93. The Kier molecular flexibility index (Phi) is 12.1. The molecule has 0 atom stereocenters. The Hall–Kier alpha value is -1.56. The number of anilines is 3. The van der Waals surface area contributed by atoms with Gasteiger partial charge in [0.2, 0.25) is 5.95 Å². The van der Waals surface area contributed by atoms with E-state index < -0.39 is 0 Å². The van der Waals surface area contributed by atoms with Gasteiger partial charge in [0.1, 0.15) is 11.6 Å². The highest BCUT2D eigenvalue weighted by molar-refractivity contribution is 5.51. The highest BCUT2D eigenvalue weighted by Crippen LogP contribution is 2.33. The summed E-state index contributed by atoms with van der Waals surface area (Å²) >= 11 is 0. The van der Waals surface area contributed by atoms with Crippen LogP contribution in [0.15, 0.2) is 6.07 Å². The fourth-order valence-electron chi connectivity index (χ4n) is 7.04. The van der Waals surface area contributed by atoms with Gasteiger partial charge in [-0.1, -0.05) is 96.8 Å². The maximum Gasteiger partial charge on any atom is 0.226 e. The maximum absolute atomic E-state index is 6.16. The van der Waals surface area contributed by atoms with Crippen molar-refractivity contribution in [1.29, 1.82) is 0 Å². The predicted molar refractivity (Wildman–Crippen MR) is 158 cm³/mol. The highest BCUT2D eigenvalue weighted by atomic mass is 15.3. The molecule has 1 aromatic heterocycles. The summed E-state index contributed by atoms with van der Waals surface area (Å²) in [6.45, 7) is 8.65. The second-order valence-corrected chi connectivity index (χ2v) is 12.4. The van der Waals surface area contributed by atoms with E-state index in [0.29, 0.717) is 11.8 Å². The number of nitrogens with one attached hydrogen (secondary N) is 1. The molecule has 2 aliphatic carbocycles. The van der Waals surface area contributed by atoms with Gasteiger partial charge in [-0.05, 0) is 43.6 Å². The van der Waals surface area contributed by atoms with E-state index in [2.05, 4.69) is 27.0 Å². The van der Waals surface area contributed by atoms with Gasteiger partial charge in [0.25, 0.3) is 0 Å². The van der Waals surface area contributed by atoms with Gasteiger partial charge in [0.15, 0.2) is 0 Å². The van der Waals surface area contributed by atoms with Crippen molar-refractivity contribution in [3.05, 3.63) is 6.07 Å². The third-order valence-electron chi connectivity index (χ3n) is 9.43. The van der Waals surface area contributed by atoms with Gasteiger partial charge in [0, 0.05) is 38.8 Å². The minimum absolute atomic E-state index is 0.571. The summed E-state index contributed by atoms with van der Waals surface area (Å²) < 4.78 is 0. The normalized spacial score (nSPS) is 23.9. The van der Waals surface area contributed by atoms with Crippen molar-refractivity contribution >= 4 is 17.6 Å². The van der Waals surface area contributed by atoms with Crippen LogP contribution in [-0.4, -0.2) is 54.1 Å². The summed E-state index contributed by atoms with van der Waals surface area (Å²) in [5, 5.41) is 3.53. The highest BCUT2D eigenvalue weighted by Gasteiger charge is 2.22. The summed E-state index contributed by atoms with van der Waals surface area (Å²) in [4.78, 5) is 14.2. The fraction of sp³-hybridized carbons (Fsp3) is 0.871. The molecule has 0 unspecified atom stereocenters. The number of hydrogen-bond donors (Lipinski definition) is 2. The monoisotopic (exact) mass is 512 g/mol. The van der Waals surface area contributed by atoms with Crippen molar-refractivity contribution in [3.63, 3.8) is 0 Å². The summed E-state index contributed by atoms with van der Waals surface area (Å²) in [5.41, 5.74) is 6.16. The summed E-state index contributed by atoms with van der Waals surface area (Å²) in [5.74, 6) is 5.02. The summed E-state index contributed by atoms with van der Waals surface area (Å²) in [6.07, 6.45) is 24.5. The topological polar surface area (TPSA) is 70.3 Å². The van der Waals surface area contributed by atoms with Crippen LogP contribution >= 0.6 is 0 Å². The number of nitrogens with zero attached hydrogens (tertiary/aromatic N) is 4. The van der Waals surface area contributed by atoms with Crippen molar-refractivity contribution in [3.8, 4) is 0 Å². The Bertz CT molecular complexity index is 748. The second-order valence-electron chi connectivity index (χ2n) is 12.4. The molecule has 4 rings (SSSR count). The lowest BCUT2D eigenvalue weighted by molar-refractivity contribution is 0.258. The molecule has 0 bridgehead atoms. The molecule has 3 N–H and O–H groups in total. The molecule has 3 aliphatic rings. The second kappa shape index (κ2) is 15.8.